The molecule has 0 aliphatic heterocycles. The first-order valence-corrected chi connectivity index (χ1v) is 4.41. The molecule has 1 aromatic rings. The van der Waals surface area contributed by atoms with E-state index in [4.69, 9.17) is 11.6 Å². The van der Waals surface area contributed by atoms with E-state index in [-0.39, 0.29) is 5.91 Å². The van der Waals surface area contributed by atoms with E-state index in [0.717, 1.165) is 0 Å². The van der Waals surface area contributed by atoms with Gasteiger partial charge in [0.15, 0.2) is 0 Å². The van der Waals surface area contributed by atoms with Gasteiger partial charge in [-0.15, -0.1) is 0 Å². The molecule has 0 saturated heterocycles. The van der Waals surface area contributed by atoms with Crippen molar-refractivity contribution in [3.63, 3.8) is 0 Å². The lowest BCUT2D eigenvalue weighted by Gasteiger charge is -2.13. The summed E-state index contributed by atoms with van der Waals surface area (Å²) in [5.41, 5.74) is 0.386. The average Bonchev–Trinajstić information content (AvgIpc) is 2.15. The van der Waals surface area contributed by atoms with Crippen molar-refractivity contribution in [3.05, 3.63) is 29.0 Å². The molecular weight excluding hydrogens is 188 g/mol. The van der Waals surface area contributed by atoms with Crippen molar-refractivity contribution < 1.29 is 4.79 Å². The average molecular weight is 199 g/mol. The summed E-state index contributed by atoms with van der Waals surface area (Å²) < 4.78 is 0. The van der Waals surface area contributed by atoms with Crippen LogP contribution in [0.3, 0.4) is 0 Å². The summed E-state index contributed by atoms with van der Waals surface area (Å²) in [7, 11) is 1.73. The van der Waals surface area contributed by atoms with Crippen LogP contribution in [-0.2, 0) is 0 Å². The van der Waals surface area contributed by atoms with Gasteiger partial charge in [-0.2, -0.15) is 0 Å². The Morgan fingerprint density at radius 2 is 2.31 bits per heavy atom. The lowest BCUT2D eigenvalue weighted by molar-refractivity contribution is 0.0796. The highest BCUT2D eigenvalue weighted by Gasteiger charge is 2.10. The number of carbonyl (C=O) groups is 1. The number of rotatable bonds is 2. The van der Waals surface area contributed by atoms with E-state index in [1.165, 1.54) is 0 Å². The Balaban J connectivity index is 2.89. The Morgan fingerprint density at radius 1 is 1.62 bits per heavy atom. The van der Waals surface area contributed by atoms with Crippen molar-refractivity contribution in [1.82, 2.24) is 9.88 Å². The molecule has 0 N–H and O–H groups in total. The maximum atomic E-state index is 11.5. The maximum absolute atomic E-state index is 11.5. The van der Waals surface area contributed by atoms with Crippen LogP contribution in [0.5, 0.6) is 0 Å². The fourth-order valence-electron chi connectivity index (χ4n) is 0.867. The van der Waals surface area contributed by atoms with Gasteiger partial charge >= 0.3 is 0 Å². The molecule has 1 rings (SSSR count). The third-order valence-corrected chi connectivity index (χ3v) is 1.97. The minimum absolute atomic E-state index is 0.106. The third-order valence-electron chi connectivity index (χ3n) is 1.76. The van der Waals surface area contributed by atoms with Crippen molar-refractivity contribution in [2.24, 2.45) is 0 Å². The van der Waals surface area contributed by atoms with Crippen LogP contribution in [-0.4, -0.2) is 29.4 Å². The van der Waals surface area contributed by atoms with Gasteiger partial charge in [0, 0.05) is 13.6 Å². The first kappa shape index (κ1) is 9.99. The number of aromatic nitrogens is 1. The van der Waals surface area contributed by atoms with E-state index in [1.54, 1.807) is 30.1 Å². The zero-order valence-corrected chi connectivity index (χ0v) is 8.38. The molecule has 0 unspecified atom stereocenters. The number of amides is 1. The minimum atomic E-state index is -0.106. The highest BCUT2D eigenvalue weighted by Crippen LogP contribution is 2.06. The molecule has 1 heterocycles. The van der Waals surface area contributed by atoms with Crippen LogP contribution in [0.1, 0.15) is 17.4 Å². The third kappa shape index (κ3) is 2.42. The van der Waals surface area contributed by atoms with Crippen molar-refractivity contribution in [2.75, 3.05) is 13.6 Å². The van der Waals surface area contributed by atoms with Crippen LogP contribution in [0.2, 0.25) is 5.15 Å². The van der Waals surface area contributed by atoms with Crippen LogP contribution in [0.25, 0.3) is 0 Å². The van der Waals surface area contributed by atoms with Crippen molar-refractivity contribution in [3.8, 4) is 0 Å². The monoisotopic (exact) mass is 198 g/mol. The highest BCUT2D eigenvalue weighted by molar-refractivity contribution is 6.29. The van der Waals surface area contributed by atoms with Gasteiger partial charge in [-0.05, 0) is 19.1 Å². The Hall–Kier alpha value is -1.09. The molecule has 13 heavy (non-hydrogen) atoms. The Morgan fingerprint density at radius 3 is 2.85 bits per heavy atom. The topological polar surface area (TPSA) is 33.2 Å². The molecular formula is C9H11ClN2O. The molecule has 0 atom stereocenters. The van der Waals surface area contributed by atoms with Gasteiger partial charge in [0.05, 0.1) is 0 Å². The molecule has 0 aliphatic carbocycles. The van der Waals surface area contributed by atoms with Gasteiger partial charge in [-0.25, -0.2) is 4.98 Å². The lowest BCUT2D eigenvalue weighted by atomic mass is 10.3. The molecule has 0 saturated carbocycles. The van der Waals surface area contributed by atoms with Crippen molar-refractivity contribution in [1.29, 1.82) is 0 Å². The van der Waals surface area contributed by atoms with E-state index in [2.05, 4.69) is 4.98 Å². The normalized spacial score (nSPS) is 9.77. The minimum Gasteiger partial charge on any atom is -0.341 e. The molecule has 0 fully saturated rings. The fraction of sp³-hybridized carbons (Fsp3) is 0.333. The van der Waals surface area contributed by atoms with Gasteiger partial charge < -0.3 is 4.90 Å². The summed E-state index contributed by atoms with van der Waals surface area (Å²) in [5.74, 6) is -0.106. The number of pyridine rings is 1. The number of nitrogens with zero attached hydrogens (tertiary/aromatic N) is 2. The van der Waals surface area contributed by atoms with E-state index in [9.17, 15) is 4.79 Å². The predicted molar refractivity (Wildman–Crippen MR) is 51.9 cm³/mol. The molecule has 0 spiro atoms. The summed E-state index contributed by atoms with van der Waals surface area (Å²) in [4.78, 5) is 17.0. The van der Waals surface area contributed by atoms with Crippen LogP contribution < -0.4 is 0 Å². The quantitative estimate of drug-likeness (QED) is 0.680. The smallest absolute Gasteiger partial charge is 0.272 e. The molecule has 70 valence electrons. The number of carbonyl (C=O) groups excluding carboxylic acids is 1. The van der Waals surface area contributed by atoms with Gasteiger partial charge in [0.1, 0.15) is 10.8 Å². The molecule has 0 aromatic carbocycles. The highest BCUT2D eigenvalue weighted by atomic mass is 35.5. The summed E-state index contributed by atoms with van der Waals surface area (Å²) >= 11 is 5.65. The largest absolute Gasteiger partial charge is 0.341 e. The standard InChI is InChI=1S/C9H11ClN2O/c1-3-12(2)9(13)7-5-4-6-8(10)11-7/h4-6H,3H2,1-2H3. The second-order valence-corrected chi connectivity index (χ2v) is 3.05. The molecule has 4 heteroatoms. The van der Waals surface area contributed by atoms with Crippen molar-refractivity contribution in [2.45, 2.75) is 6.92 Å². The second-order valence-electron chi connectivity index (χ2n) is 2.66. The predicted octanol–water partition coefficient (Wildman–Crippen LogP) is 1.83. The van der Waals surface area contributed by atoms with E-state index in [0.29, 0.717) is 17.4 Å². The zero-order chi connectivity index (χ0) is 9.84. The molecule has 0 radical (unpaired) electrons. The van der Waals surface area contributed by atoms with Gasteiger partial charge in [0.2, 0.25) is 0 Å². The lowest BCUT2D eigenvalue weighted by Crippen LogP contribution is -2.26. The first-order valence-electron chi connectivity index (χ1n) is 4.03. The molecule has 0 bridgehead atoms. The molecule has 1 amide bonds. The van der Waals surface area contributed by atoms with Gasteiger partial charge in [-0.3, -0.25) is 4.79 Å². The Kier molecular flexibility index (Phi) is 3.25. The van der Waals surface area contributed by atoms with Crippen molar-refractivity contribution >= 4 is 17.5 Å². The van der Waals surface area contributed by atoms with E-state index >= 15 is 0 Å². The summed E-state index contributed by atoms with van der Waals surface area (Å²) in [6.45, 7) is 2.56. The summed E-state index contributed by atoms with van der Waals surface area (Å²) in [5, 5.41) is 0.343. The number of hydrogen-bond donors (Lipinski definition) is 0. The summed E-state index contributed by atoms with van der Waals surface area (Å²) in [6.07, 6.45) is 0. The molecule has 1 aromatic heterocycles. The first-order chi connectivity index (χ1) is 6.15. The van der Waals surface area contributed by atoms with Gasteiger partial charge in [0.25, 0.3) is 5.91 Å². The second kappa shape index (κ2) is 4.23. The Bertz CT molecular complexity index is 314. The fourth-order valence-corrected chi connectivity index (χ4v) is 1.03. The summed E-state index contributed by atoms with van der Waals surface area (Å²) in [6, 6.07) is 5.01. The molecule has 0 aliphatic rings. The maximum Gasteiger partial charge on any atom is 0.272 e. The molecule has 3 nitrogen and oxygen atoms in total. The van der Waals surface area contributed by atoms with E-state index < -0.39 is 0 Å². The van der Waals surface area contributed by atoms with E-state index in [1.807, 2.05) is 6.92 Å². The van der Waals surface area contributed by atoms with Gasteiger partial charge in [-0.1, -0.05) is 17.7 Å². The van der Waals surface area contributed by atoms with Crippen LogP contribution >= 0.6 is 11.6 Å². The van der Waals surface area contributed by atoms with Crippen LogP contribution in [0.4, 0.5) is 0 Å². The Labute approximate surface area is 82.3 Å². The van der Waals surface area contributed by atoms with Crippen LogP contribution in [0, 0.1) is 0 Å². The van der Waals surface area contributed by atoms with Crippen LogP contribution in [0.15, 0.2) is 18.2 Å². The zero-order valence-electron chi connectivity index (χ0n) is 7.62. The number of halogens is 1. The SMILES string of the molecule is CCN(C)C(=O)c1cccc(Cl)n1. The number of hydrogen-bond acceptors (Lipinski definition) is 2.